The molecule has 0 radical (unpaired) electrons. The molecule has 1 aliphatic carbocycles. The number of hydrogen-bond donors (Lipinski definition) is 1. The molecule has 12 heteroatoms. The van der Waals surface area contributed by atoms with Crippen molar-refractivity contribution in [2.45, 2.75) is 36.8 Å². The van der Waals surface area contributed by atoms with Crippen molar-refractivity contribution in [3.8, 4) is 0 Å². The molecule has 4 rings (SSSR count). The number of pyridine rings is 1. The van der Waals surface area contributed by atoms with E-state index in [1.54, 1.807) is 0 Å². The van der Waals surface area contributed by atoms with Crippen LogP contribution in [0.4, 0.5) is 26.3 Å². The topological polar surface area (TPSA) is 60.0 Å². The van der Waals surface area contributed by atoms with Crippen molar-refractivity contribution < 1.29 is 31.4 Å². The van der Waals surface area contributed by atoms with Crippen LogP contribution in [0.15, 0.2) is 35.3 Å². The van der Waals surface area contributed by atoms with Crippen LogP contribution in [0.5, 0.6) is 0 Å². The van der Waals surface area contributed by atoms with E-state index < -0.39 is 45.4 Å². The number of alkyl halides is 6. The fraction of sp³-hybridized carbons (Fsp3) is 0.368. The second kappa shape index (κ2) is 6.73. The zero-order chi connectivity index (χ0) is 22.9. The van der Waals surface area contributed by atoms with Gasteiger partial charge in [0.05, 0.1) is 16.3 Å². The highest BCUT2D eigenvalue weighted by molar-refractivity contribution is 6.31. The number of benzene rings is 1. The Bertz CT molecular complexity index is 1240. The number of aliphatic hydroxyl groups is 1. The Balaban J connectivity index is 1.99. The largest absolute Gasteiger partial charge is 0.427 e. The van der Waals surface area contributed by atoms with Gasteiger partial charge in [0.2, 0.25) is 5.60 Å². The van der Waals surface area contributed by atoms with Crippen molar-refractivity contribution >= 4 is 22.5 Å². The van der Waals surface area contributed by atoms with Crippen molar-refractivity contribution in [1.82, 2.24) is 14.3 Å². The van der Waals surface area contributed by atoms with Crippen LogP contribution in [0.1, 0.15) is 35.7 Å². The third-order valence-corrected chi connectivity index (χ3v) is 5.62. The van der Waals surface area contributed by atoms with Crippen molar-refractivity contribution in [2.24, 2.45) is 7.05 Å². The zero-order valence-electron chi connectivity index (χ0n) is 15.7. The van der Waals surface area contributed by atoms with Gasteiger partial charge in [0.1, 0.15) is 0 Å². The Morgan fingerprint density at radius 3 is 2.29 bits per heavy atom. The second-order valence-corrected chi connectivity index (χ2v) is 7.80. The molecule has 2 heterocycles. The van der Waals surface area contributed by atoms with E-state index in [4.69, 9.17) is 11.6 Å². The first-order valence-electron chi connectivity index (χ1n) is 9.01. The number of aryl methyl sites for hydroxylation is 1. The molecule has 1 N–H and O–H groups in total. The molecule has 0 bridgehead atoms. The molecule has 1 saturated carbocycles. The molecule has 0 amide bonds. The summed E-state index contributed by atoms with van der Waals surface area (Å²) < 4.78 is 83.7. The number of fused-ring (bicyclic) bond motifs is 1. The molecular formula is C19H14ClF6N3O2. The molecule has 31 heavy (non-hydrogen) atoms. The second-order valence-electron chi connectivity index (χ2n) is 7.39. The van der Waals surface area contributed by atoms with E-state index in [9.17, 15) is 36.2 Å². The van der Waals surface area contributed by atoms with Gasteiger partial charge in [0.15, 0.2) is 5.52 Å². The fourth-order valence-corrected chi connectivity index (χ4v) is 3.96. The molecule has 0 spiro atoms. The van der Waals surface area contributed by atoms with E-state index in [0.717, 1.165) is 19.9 Å². The minimum Gasteiger partial charge on any atom is -0.371 e. The summed E-state index contributed by atoms with van der Waals surface area (Å²) in [6.07, 6.45) is -7.44. The SMILES string of the molecule is Cn1nc2c(=O)n(C3CC3)ccc2c1[C@@](O)(c1ccc(C(F)(F)F)c(Cl)c1)C(F)(F)F. The van der Waals surface area contributed by atoms with Crippen LogP contribution >= 0.6 is 11.6 Å². The Labute approximate surface area is 175 Å². The first-order chi connectivity index (χ1) is 14.3. The van der Waals surface area contributed by atoms with Crippen LogP contribution in [0, 0.1) is 0 Å². The van der Waals surface area contributed by atoms with Gasteiger partial charge in [0.25, 0.3) is 5.56 Å². The monoisotopic (exact) mass is 465 g/mol. The zero-order valence-corrected chi connectivity index (χ0v) is 16.5. The maximum atomic E-state index is 14.2. The van der Waals surface area contributed by atoms with Gasteiger partial charge >= 0.3 is 12.4 Å². The number of rotatable bonds is 3. The van der Waals surface area contributed by atoms with E-state index in [-0.39, 0.29) is 16.9 Å². The van der Waals surface area contributed by atoms with Crippen molar-refractivity contribution in [1.29, 1.82) is 0 Å². The maximum absolute atomic E-state index is 14.2. The van der Waals surface area contributed by atoms with E-state index in [0.29, 0.717) is 22.9 Å². The van der Waals surface area contributed by atoms with Gasteiger partial charge < -0.3 is 9.67 Å². The van der Waals surface area contributed by atoms with Crippen molar-refractivity contribution in [3.05, 3.63) is 62.7 Å². The summed E-state index contributed by atoms with van der Waals surface area (Å²) in [5.41, 5.74) is -7.75. The highest BCUT2D eigenvalue weighted by Gasteiger charge is 2.59. The highest BCUT2D eigenvalue weighted by atomic mass is 35.5. The smallest absolute Gasteiger partial charge is 0.371 e. The van der Waals surface area contributed by atoms with Gasteiger partial charge in [0, 0.05) is 30.2 Å². The summed E-state index contributed by atoms with van der Waals surface area (Å²) in [4.78, 5) is 12.7. The molecular weight excluding hydrogens is 452 g/mol. The van der Waals surface area contributed by atoms with Crippen LogP contribution in [-0.4, -0.2) is 25.6 Å². The third-order valence-electron chi connectivity index (χ3n) is 5.31. The Morgan fingerprint density at radius 1 is 1.13 bits per heavy atom. The predicted molar refractivity (Wildman–Crippen MR) is 98.8 cm³/mol. The van der Waals surface area contributed by atoms with Crippen LogP contribution in [0.2, 0.25) is 5.02 Å². The van der Waals surface area contributed by atoms with E-state index >= 15 is 0 Å². The van der Waals surface area contributed by atoms with E-state index in [2.05, 4.69) is 5.10 Å². The minimum absolute atomic E-state index is 0.0578. The predicted octanol–water partition coefficient (Wildman–Crippen LogP) is 4.54. The van der Waals surface area contributed by atoms with Crippen LogP contribution < -0.4 is 5.56 Å². The Morgan fingerprint density at radius 2 is 1.77 bits per heavy atom. The molecule has 0 saturated heterocycles. The average Bonchev–Trinajstić information content (AvgIpc) is 3.41. The highest BCUT2D eigenvalue weighted by Crippen LogP contribution is 2.48. The van der Waals surface area contributed by atoms with Crippen molar-refractivity contribution in [2.75, 3.05) is 0 Å². The minimum atomic E-state index is -5.37. The molecule has 0 aliphatic heterocycles. The number of nitrogens with zero attached hydrogens (tertiary/aromatic N) is 3. The molecule has 3 aromatic rings. The van der Waals surface area contributed by atoms with Crippen LogP contribution in [0.25, 0.3) is 10.9 Å². The first kappa shape index (κ1) is 21.7. The molecule has 2 aromatic heterocycles. The summed E-state index contributed by atoms with van der Waals surface area (Å²) in [5, 5.41) is 13.5. The Hall–Kier alpha value is -2.53. The molecule has 166 valence electrons. The number of halogens is 7. The molecule has 1 aromatic carbocycles. The Kier molecular flexibility index (Phi) is 4.71. The van der Waals surface area contributed by atoms with Gasteiger partial charge in [-0.25, -0.2) is 0 Å². The van der Waals surface area contributed by atoms with E-state index in [1.165, 1.54) is 16.8 Å². The lowest BCUT2D eigenvalue weighted by molar-refractivity contribution is -0.250. The third kappa shape index (κ3) is 3.30. The first-order valence-corrected chi connectivity index (χ1v) is 9.39. The van der Waals surface area contributed by atoms with Gasteiger partial charge in [-0.15, -0.1) is 0 Å². The standard InChI is InChI=1S/C19H14ClF6N3O2/c1-28-15(11-6-7-29(10-3-4-10)16(30)14(11)27-28)17(31,19(24,25)26)9-2-5-12(13(20)8-9)18(21,22)23/h2,5-8,10,31H,3-4H2,1H3/t17-/m0/s1. The summed E-state index contributed by atoms with van der Waals surface area (Å²) >= 11 is 5.60. The summed E-state index contributed by atoms with van der Waals surface area (Å²) in [7, 11) is 1.11. The van der Waals surface area contributed by atoms with Crippen LogP contribution in [0.3, 0.4) is 0 Å². The fourth-order valence-electron chi connectivity index (χ4n) is 3.67. The van der Waals surface area contributed by atoms with Gasteiger partial charge in [-0.2, -0.15) is 31.4 Å². The molecule has 5 nitrogen and oxygen atoms in total. The van der Waals surface area contributed by atoms with Crippen LogP contribution in [-0.2, 0) is 18.8 Å². The maximum Gasteiger partial charge on any atom is 0.427 e. The van der Waals surface area contributed by atoms with Gasteiger partial charge in [-0.05, 0) is 31.0 Å². The lowest BCUT2D eigenvalue weighted by Crippen LogP contribution is -2.45. The summed E-state index contributed by atoms with van der Waals surface area (Å²) in [6.45, 7) is 0. The van der Waals surface area contributed by atoms with Crippen molar-refractivity contribution in [3.63, 3.8) is 0 Å². The van der Waals surface area contributed by atoms with Gasteiger partial charge in [-0.3, -0.25) is 9.48 Å². The average molecular weight is 466 g/mol. The quantitative estimate of drug-likeness (QED) is 0.578. The van der Waals surface area contributed by atoms with Gasteiger partial charge in [-0.1, -0.05) is 17.7 Å². The lowest BCUT2D eigenvalue weighted by Gasteiger charge is -2.32. The lowest BCUT2D eigenvalue weighted by atomic mass is 9.87. The molecule has 1 atom stereocenters. The number of aromatic nitrogens is 3. The summed E-state index contributed by atoms with van der Waals surface area (Å²) in [5.74, 6) is 0. The normalized spacial score (nSPS) is 17.2. The molecule has 1 fully saturated rings. The van der Waals surface area contributed by atoms with E-state index in [1.807, 2.05) is 0 Å². The molecule has 1 aliphatic rings. The molecule has 0 unspecified atom stereocenters. The summed E-state index contributed by atoms with van der Waals surface area (Å²) in [6, 6.07) is 2.47. The number of hydrogen-bond acceptors (Lipinski definition) is 3.